The smallest absolute Gasteiger partial charge is 0.146 e. The van der Waals surface area contributed by atoms with Crippen LogP contribution in [0.2, 0.25) is 0 Å². The molecule has 0 radical (unpaired) electrons. The number of rotatable bonds is 7. The fraction of sp³-hybridized carbons (Fsp3) is 0.571. The zero-order valence-corrected chi connectivity index (χ0v) is 22.0. The molecule has 0 atom stereocenters. The molecule has 1 aromatic carbocycles. The van der Waals surface area contributed by atoms with Crippen LogP contribution in [0.1, 0.15) is 44.6 Å². The van der Waals surface area contributed by atoms with E-state index < -0.39 is 11.2 Å². The average molecular weight is 522 g/mol. The van der Waals surface area contributed by atoms with Crippen molar-refractivity contribution in [3.8, 4) is 16.9 Å². The minimum absolute atomic E-state index is 0.0962. The Labute approximate surface area is 220 Å². The van der Waals surface area contributed by atoms with E-state index in [0.29, 0.717) is 30.5 Å². The topological polar surface area (TPSA) is 101 Å². The Kier molecular flexibility index (Phi) is 6.07. The van der Waals surface area contributed by atoms with Crippen LogP contribution in [0.3, 0.4) is 0 Å². The average Bonchev–Trinajstić information content (AvgIpc) is 3.60. The first-order valence-corrected chi connectivity index (χ1v) is 15.1. The lowest BCUT2D eigenvalue weighted by atomic mass is 9.79. The summed E-state index contributed by atoms with van der Waals surface area (Å²) in [6, 6.07) is 8.69. The Morgan fingerprint density at radius 1 is 1.16 bits per heavy atom. The zero-order chi connectivity index (χ0) is 25.0. The molecule has 37 heavy (non-hydrogen) atoms. The molecule has 0 spiro atoms. The van der Waals surface area contributed by atoms with Crippen LogP contribution < -0.4 is 10.5 Å². The summed E-state index contributed by atoms with van der Waals surface area (Å²) >= 11 is -0.622. The predicted octanol–water partition coefficient (Wildman–Crippen LogP) is 3.79. The van der Waals surface area contributed by atoms with Gasteiger partial charge in [0.2, 0.25) is 0 Å². The first-order valence-electron chi connectivity index (χ1n) is 13.6. The SMILES string of the molecule is Nc1ncnc2c1c(-c1cccc(OCC34CCC(CC3)O4)c1)cn2C1CC(CN2CC[S+]([O-])CC2)C1. The van der Waals surface area contributed by atoms with Crippen LogP contribution in [0.4, 0.5) is 5.82 Å². The van der Waals surface area contributed by atoms with Crippen LogP contribution in [-0.4, -0.2) is 73.4 Å². The van der Waals surface area contributed by atoms with Crippen molar-refractivity contribution in [1.82, 2.24) is 19.4 Å². The number of nitrogens with zero attached hydrogens (tertiary/aromatic N) is 4. The van der Waals surface area contributed by atoms with Crippen molar-refractivity contribution in [3.63, 3.8) is 0 Å². The highest BCUT2D eigenvalue weighted by molar-refractivity contribution is 7.91. The fourth-order valence-electron chi connectivity index (χ4n) is 6.76. The van der Waals surface area contributed by atoms with Gasteiger partial charge in [0.1, 0.15) is 47.3 Å². The van der Waals surface area contributed by atoms with Crippen LogP contribution >= 0.6 is 0 Å². The Bertz CT molecular complexity index is 1280. The molecule has 8 nitrogen and oxygen atoms in total. The third-order valence-electron chi connectivity index (χ3n) is 8.94. The Morgan fingerprint density at radius 3 is 2.73 bits per heavy atom. The molecule has 4 aliphatic rings. The van der Waals surface area contributed by atoms with Gasteiger partial charge in [-0.25, -0.2) is 9.97 Å². The highest BCUT2D eigenvalue weighted by Crippen LogP contribution is 2.45. The summed E-state index contributed by atoms with van der Waals surface area (Å²) in [4.78, 5) is 11.5. The molecular formula is C28H35N5O3S. The molecule has 0 amide bonds. The number of aromatic nitrogens is 3. The van der Waals surface area contributed by atoms with E-state index in [0.717, 1.165) is 97.6 Å². The van der Waals surface area contributed by atoms with Crippen LogP contribution in [0.15, 0.2) is 36.8 Å². The molecule has 3 aromatic rings. The van der Waals surface area contributed by atoms with E-state index in [2.05, 4.69) is 37.8 Å². The third-order valence-corrected chi connectivity index (χ3v) is 10.2. The first-order chi connectivity index (χ1) is 18.1. The molecular weight excluding hydrogens is 486 g/mol. The van der Waals surface area contributed by atoms with Crippen LogP contribution in [0, 0.1) is 5.92 Å². The van der Waals surface area contributed by atoms with E-state index >= 15 is 0 Å². The summed E-state index contributed by atoms with van der Waals surface area (Å²) in [7, 11) is 0. The Hall–Kier alpha value is -2.33. The van der Waals surface area contributed by atoms with E-state index in [1.807, 2.05) is 12.1 Å². The van der Waals surface area contributed by atoms with Crippen LogP contribution in [0.5, 0.6) is 5.75 Å². The van der Waals surface area contributed by atoms with Gasteiger partial charge in [-0.3, -0.25) is 4.90 Å². The normalized spacial score (nSPS) is 30.1. The molecule has 2 bridgehead atoms. The Balaban J connectivity index is 1.10. The van der Waals surface area contributed by atoms with Crippen molar-refractivity contribution < 1.29 is 14.0 Å². The highest BCUT2D eigenvalue weighted by Gasteiger charge is 2.46. The lowest BCUT2D eigenvalue weighted by molar-refractivity contribution is -0.0198. The fourth-order valence-corrected chi connectivity index (χ4v) is 7.89. The second kappa shape index (κ2) is 9.45. The van der Waals surface area contributed by atoms with E-state index in [9.17, 15) is 4.55 Å². The zero-order valence-electron chi connectivity index (χ0n) is 21.2. The summed E-state index contributed by atoms with van der Waals surface area (Å²) in [6.45, 7) is 3.62. The summed E-state index contributed by atoms with van der Waals surface area (Å²) in [5.41, 5.74) is 9.33. The van der Waals surface area contributed by atoms with Crippen molar-refractivity contribution in [1.29, 1.82) is 0 Å². The molecule has 2 N–H and O–H groups in total. The number of benzene rings is 1. The molecule has 196 valence electrons. The number of ether oxygens (including phenoxy) is 2. The maximum Gasteiger partial charge on any atom is 0.146 e. The third kappa shape index (κ3) is 4.50. The molecule has 4 fully saturated rings. The van der Waals surface area contributed by atoms with Gasteiger partial charge in [0.05, 0.1) is 11.5 Å². The lowest BCUT2D eigenvalue weighted by Gasteiger charge is -2.40. The van der Waals surface area contributed by atoms with Gasteiger partial charge < -0.3 is 24.3 Å². The monoisotopic (exact) mass is 521 g/mol. The lowest BCUT2D eigenvalue weighted by Crippen LogP contribution is -2.45. The molecule has 0 unspecified atom stereocenters. The van der Waals surface area contributed by atoms with Crippen molar-refractivity contribution in [2.24, 2.45) is 5.92 Å². The van der Waals surface area contributed by atoms with E-state index in [4.69, 9.17) is 15.2 Å². The number of nitrogen functional groups attached to an aromatic ring is 1. The molecule has 3 aliphatic heterocycles. The van der Waals surface area contributed by atoms with Crippen LogP contribution in [-0.2, 0) is 15.9 Å². The summed E-state index contributed by atoms with van der Waals surface area (Å²) < 4.78 is 26.5. The van der Waals surface area contributed by atoms with Crippen molar-refractivity contribution in [3.05, 3.63) is 36.8 Å². The second-order valence-electron chi connectivity index (χ2n) is 11.4. The van der Waals surface area contributed by atoms with Gasteiger partial charge in [0, 0.05) is 37.4 Å². The Morgan fingerprint density at radius 2 is 1.97 bits per heavy atom. The number of hydrogen-bond donors (Lipinski definition) is 1. The molecule has 5 heterocycles. The minimum atomic E-state index is -0.622. The number of anilines is 1. The largest absolute Gasteiger partial charge is 0.616 e. The van der Waals surface area contributed by atoms with E-state index in [1.165, 1.54) is 0 Å². The van der Waals surface area contributed by atoms with E-state index in [-0.39, 0.29) is 5.60 Å². The van der Waals surface area contributed by atoms with Gasteiger partial charge >= 0.3 is 0 Å². The molecule has 9 heteroatoms. The summed E-state index contributed by atoms with van der Waals surface area (Å²) in [6.07, 6.45) is 11.0. The first kappa shape index (κ1) is 23.8. The molecule has 7 rings (SSSR count). The predicted molar refractivity (Wildman–Crippen MR) is 145 cm³/mol. The van der Waals surface area contributed by atoms with Gasteiger partial charge in [-0.05, 0) is 62.1 Å². The van der Waals surface area contributed by atoms with Gasteiger partial charge in [-0.2, -0.15) is 0 Å². The van der Waals surface area contributed by atoms with Gasteiger partial charge in [0.15, 0.2) is 0 Å². The van der Waals surface area contributed by atoms with Crippen molar-refractivity contribution in [2.45, 2.75) is 56.3 Å². The standard InChI is InChI=1S/C28H35N5O3S/c29-26-25-24(20-2-1-3-23(14-20)35-17-28-6-4-22(36-28)5-7-28)16-33(27(25)31-18-30-26)21-12-19(13-21)15-32-8-10-37(34)11-9-32/h1-3,14,16,18-19,21-22H,4-13,15,17H2,(H2,29,30,31). The van der Waals surface area contributed by atoms with Crippen molar-refractivity contribution >= 4 is 28.0 Å². The van der Waals surface area contributed by atoms with Gasteiger partial charge in [-0.15, -0.1) is 0 Å². The number of fused-ring (bicyclic) bond motifs is 3. The maximum absolute atomic E-state index is 11.7. The number of hydrogen-bond acceptors (Lipinski definition) is 7. The highest BCUT2D eigenvalue weighted by atomic mass is 32.2. The molecule has 1 aliphatic carbocycles. The summed E-state index contributed by atoms with van der Waals surface area (Å²) in [5, 5.41) is 0.915. The maximum atomic E-state index is 11.7. The summed E-state index contributed by atoms with van der Waals surface area (Å²) in [5.74, 6) is 3.66. The molecule has 1 saturated carbocycles. The molecule has 3 saturated heterocycles. The molecule has 2 aromatic heterocycles. The van der Waals surface area contributed by atoms with Crippen LogP contribution in [0.25, 0.3) is 22.2 Å². The second-order valence-corrected chi connectivity index (χ2v) is 13.1. The number of nitrogens with two attached hydrogens (primary N) is 1. The quantitative estimate of drug-likeness (QED) is 0.472. The van der Waals surface area contributed by atoms with Gasteiger partial charge in [-0.1, -0.05) is 23.3 Å². The van der Waals surface area contributed by atoms with E-state index in [1.54, 1.807) is 6.33 Å². The van der Waals surface area contributed by atoms with Crippen molar-refractivity contribution in [2.75, 3.05) is 43.5 Å². The minimum Gasteiger partial charge on any atom is -0.616 e. The van der Waals surface area contributed by atoms with Gasteiger partial charge in [0.25, 0.3) is 0 Å².